The summed E-state index contributed by atoms with van der Waals surface area (Å²) in [5.74, 6) is 0.618. The summed E-state index contributed by atoms with van der Waals surface area (Å²) in [6.07, 6.45) is 1.66. The van der Waals surface area contributed by atoms with Gasteiger partial charge in [-0.25, -0.2) is 0 Å². The zero-order valence-electron chi connectivity index (χ0n) is 5.94. The number of hydrogen-bond donors (Lipinski definition) is 0. The van der Waals surface area contributed by atoms with Crippen LogP contribution in [0.3, 0.4) is 0 Å². The molecule has 0 amide bonds. The van der Waals surface area contributed by atoms with Gasteiger partial charge in [-0.1, -0.05) is 11.8 Å². The second-order valence-corrected chi connectivity index (χ2v) is 2.66. The molecule has 4 nitrogen and oxygen atoms in total. The first-order chi connectivity index (χ1) is 4.84. The third-order valence-electron chi connectivity index (χ3n) is 0.976. The molecule has 5 heteroatoms. The van der Waals surface area contributed by atoms with Crippen molar-refractivity contribution < 1.29 is 4.74 Å². The van der Waals surface area contributed by atoms with E-state index in [9.17, 15) is 0 Å². The maximum atomic E-state index is 4.85. The Kier molecular flexibility index (Phi) is 2.70. The van der Waals surface area contributed by atoms with Crippen molar-refractivity contribution >= 4 is 11.8 Å². The molecule has 0 radical (unpaired) electrons. The molecule has 0 bridgehead atoms. The average Bonchev–Trinajstić information content (AvgIpc) is 2.31. The Labute approximate surface area is 63.6 Å². The van der Waals surface area contributed by atoms with Crippen molar-refractivity contribution in [2.75, 3.05) is 13.0 Å². The van der Waals surface area contributed by atoms with Crippen molar-refractivity contribution in [3.63, 3.8) is 0 Å². The Morgan fingerprint density at radius 2 is 2.60 bits per heavy atom. The number of thioether (sulfide) groups is 1. The van der Waals surface area contributed by atoms with Crippen LogP contribution in [0.2, 0.25) is 0 Å². The fourth-order valence-corrected chi connectivity index (χ4v) is 1.09. The minimum Gasteiger partial charge on any atom is -0.374 e. The van der Waals surface area contributed by atoms with Crippen molar-refractivity contribution in [3.05, 3.63) is 6.33 Å². The molecule has 0 saturated carbocycles. The van der Waals surface area contributed by atoms with Gasteiger partial charge in [-0.05, 0) is 0 Å². The molecule has 0 spiro atoms. The number of hydrogen-bond acceptors (Lipinski definition) is 4. The molecule has 0 aliphatic carbocycles. The smallest absolute Gasteiger partial charge is 0.192 e. The van der Waals surface area contributed by atoms with Crippen LogP contribution in [0.1, 0.15) is 0 Å². The van der Waals surface area contributed by atoms with Gasteiger partial charge in [0.15, 0.2) is 5.16 Å². The van der Waals surface area contributed by atoms with E-state index in [1.165, 1.54) is 11.8 Å². The fraction of sp³-hybridized carbons (Fsp3) is 0.600. The summed E-state index contributed by atoms with van der Waals surface area (Å²) in [7, 11) is 3.56. The molecule has 10 heavy (non-hydrogen) atoms. The molecule has 0 N–H and O–H groups in total. The van der Waals surface area contributed by atoms with Crippen LogP contribution in [0, 0.1) is 0 Å². The highest BCUT2D eigenvalue weighted by Crippen LogP contribution is 2.11. The summed E-state index contributed by atoms with van der Waals surface area (Å²) in [5, 5.41) is 8.44. The van der Waals surface area contributed by atoms with Crippen LogP contribution in [-0.4, -0.2) is 27.8 Å². The van der Waals surface area contributed by atoms with Crippen LogP contribution in [0.25, 0.3) is 0 Å². The fourth-order valence-electron chi connectivity index (χ4n) is 0.515. The monoisotopic (exact) mass is 159 g/mol. The van der Waals surface area contributed by atoms with Gasteiger partial charge in [0.25, 0.3) is 0 Å². The maximum absolute atomic E-state index is 4.85. The Bertz CT molecular complexity index is 201. The zero-order valence-corrected chi connectivity index (χ0v) is 6.76. The first-order valence-electron chi connectivity index (χ1n) is 2.80. The lowest BCUT2D eigenvalue weighted by Crippen LogP contribution is -1.90. The summed E-state index contributed by atoms with van der Waals surface area (Å²) in [4.78, 5) is 0. The van der Waals surface area contributed by atoms with E-state index in [4.69, 9.17) is 4.74 Å². The SMILES string of the molecule is COCSc1nncn1C. The van der Waals surface area contributed by atoms with Crippen LogP contribution in [0.4, 0.5) is 0 Å². The lowest BCUT2D eigenvalue weighted by Gasteiger charge is -1.96. The van der Waals surface area contributed by atoms with E-state index in [-0.39, 0.29) is 0 Å². The van der Waals surface area contributed by atoms with Crippen molar-refractivity contribution in [2.45, 2.75) is 5.16 Å². The Morgan fingerprint density at radius 1 is 1.80 bits per heavy atom. The van der Waals surface area contributed by atoms with Crippen LogP contribution < -0.4 is 0 Å². The van der Waals surface area contributed by atoms with E-state index in [0.717, 1.165) is 5.16 Å². The van der Waals surface area contributed by atoms with E-state index in [2.05, 4.69) is 10.2 Å². The van der Waals surface area contributed by atoms with Crippen LogP contribution >= 0.6 is 11.8 Å². The minimum atomic E-state index is 0.618. The number of ether oxygens (including phenoxy) is 1. The highest BCUT2D eigenvalue weighted by Gasteiger charge is 1.98. The van der Waals surface area contributed by atoms with Gasteiger partial charge >= 0.3 is 0 Å². The van der Waals surface area contributed by atoms with Crippen molar-refractivity contribution in [2.24, 2.45) is 7.05 Å². The molecular formula is C5H9N3OS. The summed E-state index contributed by atoms with van der Waals surface area (Å²) in [6, 6.07) is 0. The largest absolute Gasteiger partial charge is 0.374 e. The van der Waals surface area contributed by atoms with Crippen molar-refractivity contribution in [1.82, 2.24) is 14.8 Å². The minimum absolute atomic E-state index is 0.618. The second kappa shape index (κ2) is 3.58. The summed E-state index contributed by atoms with van der Waals surface area (Å²) in [6.45, 7) is 0. The maximum Gasteiger partial charge on any atom is 0.192 e. The van der Waals surface area contributed by atoms with Crippen LogP contribution in [-0.2, 0) is 11.8 Å². The van der Waals surface area contributed by atoms with Crippen molar-refractivity contribution in [1.29, 1.82) is 0 Å². The molecule has 1 rings (SSSR count). The summed E-state index contributed by atoms with van der Waals surface area (Å²) in [5.41, 5.74) is 0. The Morgan fingerprint density at radius 3 is 3.10 bits per heavy atom. The average molecular weight is 159 g/mol. The highest BCUT2D eigenvalue weighted by molar-refractivity contribution is 7.99. The molecule has 1 aromatic heterocycles. The van der Waals surface area contributed by atoms with E-state index >= 15 is 0 Å². The van der Waals surface area contributed by atoms with Gasteiger partial charge in [0.05, 0.1) is 5.94 Å². The van der Waals surface area contributed by atoms with Gasteiger partial charge < -0.3 is 9.30 Å². The molecule has 0 unspecified atom stereocenters. The lowest BCUT2D eigenvalue weighted by molar-refractivity contribution is 0.258. The zero-order chi connectivity index (χ0) is 7.40. The third-order valence-corrected chi connectivity index (χ3v) is 1.96. The molecule has 0 saturated heterocycles. The topological polar surface area (TPSA) is 39.9 Å². The normalized spacial score (nSPS) is 10.2. The number of nitrogens with zero attached hydrogens (tertiary/aromatic N) is 3. The predicted octanol–water partition coefficient (Wildman–Crippen LogP) is 0.511. The van der Waals surface area contributed by atoms with Gasteiger partial charge in [-0.15, -0.1) is 10.2 Å². The van der Waals surface area contributed by atoms with E-state index < -0.39 is 0 Å². The van der Waals surface area contributed by atoms with Crippen molar-refractivity contribution in [3.8, 4) is 0 Å². The second-order valence-electron chi connectivity index (χ2n) is 1.78. The molecule has 0 aliphatic heterocycles. The van der Waals surface area contributed by atoms with E-state index in [1.54, 1.807) is 13.4 Å². The molecule has 0 fully saturated rings. The molecule has 0 aromatic carbocycles. The van der Waals surface area contributed by atoms with Gasteiger partial charge in [-0.2, -0.15) is 0 Å². The quantitative estimate of drug-likeness (QED) is 0.476. The number of aryl methyl sites for hydroxylation is 1. The Hall–Kier alpha value is -0.550. The van der Waals surface area contributed by atoms with Gasteiger partial charge in [0.1, 0.15) is 6.33 Å². The molecule has 56 valence electrons. The summed E-state index contributed by atoms with van der Waals surface area (Å²) < 4.78 is 6.70. The predicted molar refractivity (Wildman–Crippen MR) is 38.7 cm³/mol. The van der Waals surface area contributed by atoms with Crippen LogP contribution in [0.5, 0.6) is 0 Å². The number of rotatable bonds is 3. The molecular weight excluding hydrogens is 150 g/mol. The molecule has 0 atom stereocenters. The molecule has 1 heterocycles. The van der Waals surface area contributed by atoms with Gasteiger partial charge in [0, 0.05) is 14.2 Å². The van der Waals surface area contributed by atoms with E-state index in [0.29, 0.717) is 5.94 Å². The summed E-state index contributed by atoms with van der Waals surface area (Å²) >= 11 is 1.52. The Balaban J connectivity index is 2.49. The standard InChI is InChI=1S/C5H9N3OS/c1-8-3-6-7-5(8)10-4-9-2/h3H,4H2,1-2H3. The van der Waals surface area contributed by atoms with Gasteiger partial charge in [-0.3, -0.25) is 0 Å². The third kappa shape index (κ3) is 1.71. The van der Waals surface area contributed by atoms with Gasteiger partial charge in [0.2, 0.25) is 0 Å². The highest BCUT2D eigenvalue weighted by atomic mass is 32.2. The number of aromatic nitrogens is 3. The van der Waals surface area contributed by atoms with E-state index in [1.807, 2.05) is 11.6 Å². The molecule has 0 aliphatic rings. The first-order valence-corrected chi connectivity index (χ1v) is 3.79. The van der Waals surface area contributed by atoms with Crippen LogP contribution in [0.15, 0.2) is 11.5 Å². The first kappa shape index (κ1) is 7.56. The lowest BCUT2D eigenvalue weighted by atomic mass is 11.1. The number of methoxy groups -OCH3 is 1. The molecule has 1 aromatic rings.